The SMILES string of the molecule is CCC(CO)NC(=O)NC1CCN(Cc2ccccc2)CC1C. The number of nitrogens with one attached hydrogen (secondary N) is 2. The summed E-state index contributed by atoms with van der Waals surface area (Å²) in [5, 5.41) is 15.0. The quantitative estimate of drug-likeness (QED) is 0.751. The molecular formula is C18H29N3O2. The fourth-order valence-corrected chi connectivity index (χ4v) is 3.10. The third-order valence-corrected chi connectivity index (χ3v) is 4.60. The third-order valence-electron chi connectivity index (χ3n) is 4.60. The molecule has 128 valence electrons. The number of nitrogens with zero attached hydrogens (tertiary/aromatic N) is 1. The molecule has 23 heavy (non-hydrogen) atoms. The summed E-state index contributed by atoms with van der Waals surface area (Å²) in [5.74, 6) is 0.410. The number of carbonyl (C=O) groups is 1. The van der Waals surface area contributed by atoms with Gasteiger partial charge in [0.1, 0.15) is 0 Å². The molecule has 0 aliphatic carbocycles. The Kier molecular flexibility index (Phi) is 6.86. The zero-order valence-corrected chi connectivity index (χ0v) is 14.2. The van der Waals surface area contributed by atoms with E-state index >= 15 is 0 Å². The molecule has 1 aromatic rings. The lowest BCUT2D eigenvalue weighted by atomic mass is 9.93. The summed E-state index contributed by atoms with van der Waals surface area (Å²) >= 11 is 0. The van der Waals surface area contributed by atoms with Gasteiger partial charge in [0, 0.05) is 25.7 Å². The number of piperidine rings is 1. The van der Waals surface area contributed by atoms with E-state index in [9.17, 15) is 4.79 Å². The number of likely N-dealkylation sites (tertiary alicyclic amines) is 1. The van der Waals surface area contributed by atoms with E-state index in [0.717, 1.165) is 32.5 Å². The molecule has 1 saturated heterocycles. The molecule has 3 atom stereocenters. The van der Waals surface area contributed by atoms with Crippen LogP contribution in [0.3, 0.4) is 0 Å². The topological polar surface area (TPSA) is 64.6 Å². The number of carbonyl (C=O) groups excluding carboxylic acids is 1. The van der Waals surface area contributed by atoms with Gasteiger partial charge in [0.05, 0.1) is 12.6 Å². The van der Waals surface area contributed by atoms with Gasteiger partial charge in [0.2, 0.25) is 0 Å². The Morgan fingerprint density at radius 1 is 1.39 bits per heavy atom. The predicted octanol–water partition coefficient (Wildman–Crippen LogP) is 1.97. The van der Waals surface area contributed by atoms with Crippen LogP contribution in [-0.4, -0.2) is 47.8 Å². The van der Waals surface area contributed by atoms with E-state index in [0.29, 0.717) is 5.92 Å². The van der Waals surface area contributed by atoms with Gasteiger partial charge in [-0.25, -0.2) is 4.79 Å². The summed E-state index contributed by atoms with van der Waals surface area (Å²) in [4.78, 5) is 14.5. The Morgan fingerprint density at radius 2 is 2.13 bits per heavy atom. The van der Waals surface area contributed by atoms with Crippen molar-refractivity contribution in [1.29, 1.82) is 0 Å². The van der Waals surface area contributed by atoms with Crippen LogP contribution in [0.15, 0.2) is 30.3 Å². The molecule has 0 radical (unpaired) electrons. The van der Waals surface area contributed by atoms with Crippen LogP contribution in [0.4, 0.5) is 4.79 Å². The van der Waals surface area contributed by atoms with Crippen molar-refractivity contribution in [3.05, 3.63) is 35.9 Å². The number of benzene rings is 1. The van der Waals surface area contributed by atoms with Crippen molar-refractivity contribution < 1.29 is 9.90 Å². The fourth-order valence-electron chi connectivity index (χ4n) is 3.10. The van der Waals surface area contributed by atoms with Gasteiger partial charge in [0.25, 0.3) is 0 Å². The number of amides is 2. The Balaban J connectivity index is 1.78. The molecule has 3 N–H and O–H groups in total. The van der Waals surface area contributed by atoms with Crippen molar-refractivity contribution in [2.24, 2.45) is 5.92 Å². The van der Waals surface area contributed by atoms with Crippen LogP contribution in [-0.2, 0) is 6.54 Å². The maximum absolute atomic E-state index is 12.0. The molecule has 0 bridgehead atoms. The van der Waals surface area contributed by atoms with Crippen molar-refractivity contribution in [3.8, 4) is 0 Å². The van der Waals surface area contributed by atoms with Crippen molar-refractivity contribution in [1.82, 2.24) is 15.5 Å². The average molecular weight is 319 g/mol. The van der Waals surface area contributed by atoms with Crippen LogP contribution >= 0.6 is 0 Å². The molecule has 5 nitrogen and oxygen atoms in total. The first-order valence-corrected chi connectivity index (χ1v) is 8.56. The number of hydrogen-bond donors (Lipinski definition) is 3. The molecule has 5 heteroatoms. The summed E-state index contributed by atoms with van der Waals surface area (Å²) in [6.07, 6.45) is 1.69. The monoisotopic (exact) mass is 319 g/mol. The minimum absolute atomic E-state index is 0.0189. The molecule has 1 aliphatic heterocycles. The number of aliphatic hydroxyl groups is 1. The Hall–Kier alpha value is -1.59. The summed E-state index contributed by atoms with van der Waals surface area (Å²) < 4.78 is 0. The van der Waals surface area contributed by atoms with Crippen LogP contribution in [0.5, 0.6) is 0 Å². The Bertz CT molecular complexity index is 476. The summed E-state index contributed by atoms with van der Waals surface area (Å²) in [5.41, 5.74) is 1.33. The first-order valence-electron chi connectivity index (χ1n) is 8.56. The Morgan fingerprint density at radius 3 is 2.74 bits per heavy atom. The van der Waals surface area contributed by atoms with Gasteiger partial charge < -0.3 is 15.7 Å². The lowest BCUT2D eigenvalue weighted by Gasteiger charge is -2.37. The molecule has 2 amide bonds. The van der Waals surface area contributed by atoms with Gasteiger partial charge in [-0.3, -0.25) is 4.90 Å². The minimum atomic E-state index is -0.167. The van der Waals surface area contributed by atoms with Crippen LogP contribution in [0.2, 0.25) is 0 Å². The highest BCUT2D eigenvalue weighted by molar-refractivity contribution is 5.74. The molecule has 1 fully saturated rings. The van der Waals surface area contributed by atoms with E-state index in [2.05, 4.69) is 46.7 Å². The van der Waals surface area contributed by atoms with Gasteiger partial charge in [0.15, 0.2) is 0 Å². The second kappa shape index (κ2) is 8.89. The molecule has 0 aromatic heterocycles. The highest BCUT2D eigenvalue weighted by atomic mass is 16.3. The first kappa shape index (κ1) is 17.8. The summed E-state index contributed by atoms with van der Waals surface area (Å²) in [7, 11) is 0. The van der Waals surface area contributed by atoms with Gasteiger partial charge in [-0.1, -0.05) is 44.2 Å². The Labute approximate surface area is 139 Å². The largest absolute Gasteiger partial charge is 0.394 e. The van der Waals surface area contributed by atoms with Crippen LogP contribution in [0, 0.1) is 5.92 Å². The van der Waals surface area contributed by atoms with E-state index in [1.807, 2.05) is 13.0 Å². The molecular weight excluding hydrogens is 290 g/mol. The molecule has 0 saturated carbocycles. The summed E-state index contributed by atoms with van der Waals surface area (Å²) in [6, 6.07) is 10.4. The molecule has 1 heterocycles. The van der Waals surface area contributed by atoms with Gasteiger partial charge in [-0.15, -0.1) is 0 Å². The number of rotatable bonds is 6. The molecule has 2 rings (SSSR count). The van der Waals surface area contributed by atoms with E-state index in [1.54, 1.807) is 0 Å². The molecule has 1 aliphatic rings. The zero-order valence-electron chi connectivity index (χ0n) is 14.2. The maximum atomic E-state index is 12.0. The predicted molar refractivity (Wildman–Crippen MR) is 92.1 cm³/mol. The average Bonchev–Trinajstić information content (AvgIpc) is 2.56. The second-order valence-corrected chi connectivity index (χ2v) is 6.50. The molecule has 0 spiro atoms. The number of aliphatic hydroxyl groups excluding tert-OH is 1. The van der Waals surface area contributed by atoms with Crippen LogP contribution < -0.4 is 10.6 Å². The van der Waals surface area contributed by atoms with Crippen LogP contribution in [0.25, 0.3) is 0 Å². The molecule has 1 aromatic carbocycles. The van der Waals surface area contributed by atoms with Crippen molar-refractivity contribution >= 4 is 6.03 Å². The standard InChI is InChI=1S/C18H29N3O2/c1-3-16(13-22)19-18(23)20-17-9-10-21(11-14(17)2)12-15-7-5-4-6-8-15/h4-8,14,16-17,22H,3,9-13H2,1-2H3,(H2,19,20,23). The van der Waals surface area contributed by atoms with Gasteiger partial charge >= 0.3 is 6.03 Å². The zero-order chi connectivity index (χ0) is 16.7. The van der Waals surface area contributed by atoms with E-state index in [-0.39, 0.29) is 24.7 Å². The number of hydrogen-bond acceptors (Lipinski definition) is 3. The van der Waals surface area contributed by atoms with Gasteiger partial charge in [-0.2, -0.15) is 0 Å². The maximum Gasteiger partial charge on any atom is 0.315 e. The van der Waals surface area contributed by atoms with Crippen molar-refractivity contribution in [2.75, 3.05) is 19.7 Å². The minimum Gasteiger partial charge on any atom is -0.394 e. The smallest absolute Gasteiger partial charge is 0.315 e. The lowest BCUT2D eigenvalue weighted by molar-refractivity contribution is 0.140. The van der Waals surface area contributed by atoms with Gasteiger partial charge in [-0.05, 0) is 24.3 Å². The van der Waals surface area contributed by atoms with Crippen molar-refractivity contribution in [3.63, 3.8) is 0 Å². The normalized spacial score (nSPS) is 23.3. The second-order valence-electron chi connectivity index (χ2n) is 6.50. The van der Waals surface area contributed by atoms with E-state index < -0.39 is 0 Å². The fraction of sp³-hybridized carbons (Fsp3) is 0.611. The lowest BCUT2D eigenvalue weighted by Crippen LogP contribution is -2.53. The third kappa shape index (κ3) is 5.52. The van der Waals surface area contributed by atoms with E-state index in [4.69, 9.17) is 5.11 Å². The van der Waals surface area contributed by atoms with Crippen LogP contribution in [0.1, 0.15) is 32.3 Å². The number of urea groups is 1. The van der Waals surface area contributed by atoms with E-state index in [1.165, 1.54) is 5.56 Å². The molecule has 3 unspecified atom stereocenters. The van der Waals surface area contributed by atoms with Crippen molar-refractivity contribution in [2.45, 2.75) is 45.3 Å². The summed E-state index contributed by atoms with van der Waals surface area (Å²) in [6.45, 7) is 7.05. The highest BCUT2D eigenvalue weighted by Gasteiger charge is 2.27. The first-order chi connectivity index (χ1) is 11.1. The highest BCUT2D eigenvalue weighted by Crippen LogP contribution is 2.19.